The molecule has 1 saturated carbocycles. The fourth-order valence-corrected chi connectivity index (χ4v) is 2.73. The maximum absolute atomic E-state index is 12.9. The highest BCUT2D eigenvalue weighted by molar-refractivity contribution is 7.89. The van der Waals surface area contributed by atoms with Crippen LogP contribution >= 0.6 is 0 Å². The number of carbonyl (C=O) groups excluding carboxylic acids is 1. The molecule has 0 spiro atoms. The summed E-state index contributed by atoms with van der Waals surface area (Å²) >= 11 is 0. The van der Waals surface area contributed by atoms with Gasteiger partial charge in [-0.05, 0) is 37.0 Å². The summed E-state index contributed by atoms with van der Waals surface area (Å²) in [4.78, 5) is 12.2. The van der Waals surface area contributed by atoms with Gasteiger partial charge < -0.3 is 5.32 Å². The predicted molar refractivity (Wildman–Crippen MR) is 72.9 cm³/mol. The number of nitrogens with two attached hydrogens (primary N) is 1. The number of benzene rings is 1. The second kappa shape index (κ2) is 5.49. The van der Waals surface area contributed by atoms with Gasteiger partial charge in [0.1, 0.15) is 5.82 Å². The van der Waals surface area contributed by atoms with Crippen molar-refractivity contribution < 1.29 is 17.6 Å². The van der Waals surface area contributed by atoms with E-state index in [0.29, 0.717) is 0 Å². The van der Waals surface area contributed by atoms with Gasteiger partial charge in [0, 0.05) is 6.54 Å². The van der Waals surface area contributed by atoms with Gasteiger partial charge in [0.2, 0.25) is 15.9 Å². The second-order valence-corrected chi connectivity index (χ2v) is 6.80. The normalized spacial score (nSPS) is 16.7. The van der Waals surface area contributed by atoms with Crippen molar-refractivity contribution in [1.82, 2.24) is 5.32 Å². The van der Waals surface area contributed by atoms with Gasteiger partial charge in [-0.2, -0.15) is 0 Å². The number of amides is 1. The lowest BCUT2D eigenvalue weighted by molar-refractivity contribution is -0.123. The molecule has 20 heavy (non-hydrogen) atoms. The van der Waals surface area contributed by atoms with Crippen LogP contribution in [0.2, 0.25) is 0 Å². The van der Waals surface area contributed by atoms with Crippen LogP contribution in [-0.2, 0) is 20.2 Å². The fraction of sp³-hybridized carbons (Fsp3) is 0.462. The van der Waals surface area contributed by atoms with Gasteiger partial charge in [-0.15, -0.1) is 0 Å². The Morgan fingerprint density at radius 1 is 1.30 bits per heavy atom. The molecule has 0 aliphatic heterocycles. The molecule has 5 nitrogen and oxygen atoms in total. The zero-order chi connectivity index (χ0) is 14.8. The van der Waals surface area contributed by atoms with E-state index in [1.165, 1.54) is 12.1 Å². The molecule has 110 valence electrons. The van der Waals surface area contributed by atoms with Crippen LogP contribution in [0.25, 0.3) is 0 Å². The van der Waals surface area contributed by atoms with Gasteiger partial charge in [-0.3, -0.25) is 4.79 Å². The molecule has 0 bridgehead atoms. The Balaban J connectivity index is 1.90. The summed E-state index contributed by atoms with van der Waals surface area (Å²) in [6.07, 6.45) is 1.73. The van der Waals surface area contributed by atoms with E-state index in [4.69, 9.17) is 5.14 Å². The predicted octanol–water partition coefficient (Wildman–Crippen LogP) is 0.652. The van der Waals surface area contributed by atoms with E-state index in [1.807, 2.05) is 0 Å². The number of nitrogens with one attached hydrogen (secondary N) is 1. The van der Waals surface area contributed by atoms with E-state index < -0.39 is 15.4 Å². The maximum atomic E-state index is 12.9. The van der Waals surface area contributed by atoms with Crippen molar-refractivity contribution in [3.63, 3.8) is 0 Å². The zero-order valence-electron chi connectivity index (χ0n) is 10.9. The van der Waals surface area contributed by atoms with Crippen LogP contribution in [0.4, 0.5) is 4.39 Å². The van der Waals surface area contributed by atoms with Crippen molar-refractivity contribution in [2.75, 3.05) is 12.3 Å². The molecule has 1 fully saturated rings. The molecule has 1 aromatic carbocycles. The molecule has 0 atom stereocenters. The maximum Gasteiger partial charge on any atom is 0.230 e. The second-order valence-electron chi connectivity index (χ2n) is 5.07. The first-order valence-electron chi connectivity index (χ1n) is 6.38. The number of hydrogen-bond donors (Lipinski definition) is 2. The standard InChI is InChI=1S/C13H17FN2O3S/c14-11-4-2-10(3-5-11)13(6-7-13)12(17)16-8-1-9-20(15,18)19/h2-5H,1,6-9H2,(H,16,17)(H2,15,18,19). The minimum Gasteiger partial charge on any atom is -0.355 e. The summed E-state index contributed by atoms with van der Waals surface area (Å²) in [5, 5.41) is 7.60. The molecule has 1 aliphatic carbocycles. The van der Waals surface area contributed by atoms with Gasteiger partial charge in [-0.25, -0.2) is 17.9 Å². The number of halogens is 1. The van der Waals surface area contributed by atoms with E-state index in [0.717, 1.165) is 18.4 Å². The van der Waals surface area contributed by atoms with Gasteiger partial charge >= 0.3 is 0 Å². The summed E-state index contributed by atoms with van der Waals surface area (Å²) in [7, 11) is -3.49. The van der Waals surface area contributed by atoms with Crippen molar-refractivity contribution in [3.8, 4) is 0 Å². The molecule has 1 aliphatic rings. The van der Waals surface area contributed by atoms with Crippen LogP contribution in [0.15, 0.2) is 24.3 Å². The van der Waals surface area contributed by atoms with Crippen molar-refractivity contribution in [3.05, 3.63) is 35.6 Å². The third-order valence-corrected chi connectivity index (χ3v) is 4.33. The van der Waals surface area contributed by atoms with Gasteiger partial charge in [0.15, 0.2) is 0 Å². The molecule has 2 rings (SSSR count). The first kappa shape index (κ1) is 14.9. The van der Waals surface area contributed by atoms with Crippen LogP contribution in [0, 0.1) is 5.82 Å². The van der Waals surface area contributed by atoms with Crippen molar-refractivity contribution >= 4 is 15.9 Å². The Hall–Kier alpha value is -1.47. The molecule has 7 heteroatoms. The van der Waals surface area contributed by atoms with Crippen LogP contribution in [-0.4, -0.2) is 26.6 Å². The fourth-order valence-electron chi connectivity index (χ4n) is 2.19. The Morgan fingerprint density at radius 3 is 2.40 bits per heavy atom. The molecule has 3 N–H and O–H groups in total. The van der Waals surface area contributed by atoms with Crippen molar-refractivity contribution in [2.24, 2.45) is 5.14 Å². The van der Waals surface area contributed by atoms with Gasteiger partial charge in [0.05, 0.1) is 11.2 Å². The van der Waals surface area contributed by atoms with Crippen LogP contribution in [0.1, 0.15) is 24.8 Å². The number of primary sulfonamides is 1. The van der Waals surface area contributed by atoms with Gasteiger partial charge in [0.25, 0.3) is 0 Å². The van der Waals surface area contributed by atoms with Gasteiger partial charge in [-0.1, -0.05) is 12.1 Å². The Morgan fingerprint density at radius 2 is 1.90 bits per heavy atom. The largest absolute Gasteiger partial charge is 0.355 e. The number of sulfonamides is 1. The summed E-state index contributed by atoms with van der Waals surface area (Å²) < 4.78 is 34.4. The highest BCUT2D eigenvalue weighted by atomic mass is 32.2. The Labute approximate surface area is 117 Å². The van der Waals surface area contributed by atoms with E-state index in [1.54, 1.807) is 12.1 Å². The molecular weight excluding hydrogens is 283 g/mol. The molecule has 0 heterocycles. The minimum absolute atomic E-state index is 0.140. The number of rotatable bonds is 6. The highest BCUT2D eigenvalue weighted by Gasteiger charge is 2.50. The third-order valence-electron chi connectivity index (χ3n) is 3.47. The summed E-state index contributed by atoms with van der Waals surface area (Å²) in [5.41, 5.74) is 0.220. The highest BCUT2D eigenvalue weighted by Crippen LogP contribution is 2.48. The Kier molecular flexibility index (Phi) is 4.10. The lowest BCUT2D eigenvalue weighted by Gasteiger charge is -2.15. The summed E-state index contributed by atoms with van der Waals surface area (Å²) in [6.45, 7) is 0.262. The topological polar surface area (TPSA) is 89.3 Å². The van der Waals surface area contributed by atoms with Crippen LogP contribution < -0.4 is 10.5 Å². The first-order valence-corrected chi connectivity index (χ1v) is 8.10. The van der Waals surface area contributed by atoms with Crippen LogP contribution in [0.3, 0.4) is 0 Å². The molecule has 0 unspecified atom stereocenters. The monoisotopic (exact) mass is 300 g/mol. The number of hydrogen-bond acceptors (Lipinski definition) is 3. The van der Waals surface area contributed by atoms with Crippen LogP contribution in [0.5, 0.6) is 0 Å². The first-order chi connectivity index (χ1) is 9.33. The minimum atomic E-state index is -3.49. The van der Waals surface area contributed by atoms with E-state index >= 15 is 0 Å². The zero-order valence-corrected chi connectivity index (χ0v) is 11.7. The smallest absolute Gasteiger partial charge is 0.230 e. The number of carbonyl (C=O) groups is 1. The molecule has 1 amide bonds. The lowest BCUT2D eigenvalue weighted by atomic mass is 9.95. The molecule has 0 saturated heterocycles. The molecule has 0 aromatic heterocycles. The third kappa shape index (κ3) is 3.55. The Bertz CT molecular complexity index is 595. The van der Waals surface area contributed by atoms with E-state index in [-0.39, 0.29) is 30.4 Å². The quantitative estimate of drug-likeness (QED) is 0.756. The van der Waals surface area contributed by atoms with Crippen molar-refractivity contribution in [1.29, 1.82) is 0 Å². The van der Waals surface area contributed by atoms with E-state index in [2.05, 4.69) is 5.32 Å². The average Bonchev–Trinajstić information content (AvgIpc) is 3.15. The molecule has 1 aromatic rings. The summed E-state index contributed by atoms with van der Waals surface area (Å²) in [6, 6.07) is 5.91. The molecule has 0 radical (unpaired) electrons. The van der Waals surface area contributed by atoms with Crippen molar-refractivity contribution in [2.45, 2.75) is 24.7 Å². The molecular formula is C13H17FN2O3S. The SMILES string of the molecule is NS(=O)(=O)CCCNC(=O)C1(c2ccc(F)cc2)CC1. The van der Waals surface area contributed by atoms with E-state index in [9.17, 15) is 17.6 Å². The summed E-state index contributed by atoms with van der Waals surface area (Å²) in [5.74, 6) is -0.631. The lowest BCUT2D eigenvalue weighted by Crippen LogP contribution is -2.36. The average molecular weight is 300 g/mol.